The van der Waals surface area contributed by atoms with Gasteiger partial charge in [-0.3, -0.25) is 14.4 Å². The van der Waals surface area contributed by atoms with Crippen LogP contribution in [0.3, 0.4) is 0 Å². The van der Waals surface area contributed by atoms with Crippen LogP contribution < -0.4 is 20.5 Å². The third kappa shape index (κ3) is 3.56. The Bertz CT molecular complexity index is 922. The van der Waals surface area contributed by atoms with Crippen LogP contribution in [0.4, 0.5) is 5.13 Å². The number of hydrogen-bond acceptors (Lipinski definition) is 7. The van der Waals surface area contributed by atoms with Crippen LogP contribution in [0.2, 0.25) is 0 Å². The van der Waals surface area contributed by atoms with Gasteiger partial charge in [-0.15, -0.1) is 11.3 Å². The summed E-state index contributed by atoms with van der Waals surface area (Å²) < 4.78 is 10.5. The van der Waals surface area contributed by atoms with Gasteiger partial charge >= 0.3 is 0 Å². The topological polar surface area (TPSA) is 124 Å². The highest BCUT2D eigenvalue weighted by Crippen LogP contribution is 2.33. The van der Waals surface area contributed by atoms with Crippen LogP contribution in [-0.4, -0.2) is 47.5 Å². The number of carbonyl (C=O) groups excluding carboxylic acids is 3. The summed E-state index contributed by atoms with van der Waals surface area (Å²) in [7, 11) is 0. The van der Waals surface area contributed by atoms with Crippen LogP contribution in [0.1, 0.15) is 16.1 Å². The summed E-state index contributed by atoms with van der Waals surface area (Å²) in [6, 6.07) is 5.03. The Morgan fingerprint density at radius 3 is 2.81 bits per heavy atom. The number of fused-ring (bicyclic) bond motifs is 1. The predicted octanol–water partition coefficient (Wildman–Crippen LogP) is 0.610. The molecule has 0 radical (unpaired) electrons. The van der Waals surface area contributed by atoms with E-state index in [2.05, 4.69) is 10.3 Å². The Hall–Kier alpha value is -3.14. The molecule has 0 unspecified atom stereocenters. The lowest BCUT2D eigenvalue weighted by Crippen LogP contribution is -2.54. The van der Waals surface area contributed by atoms with E-state index in [-0.39, 0.29) is 30.9 Å². The molecule has 9 nitrogen and oxygen atoms in total. The molecule has 140 valence electrons. The van der Waals surface area contributed by atoms with Crippen molar-refractivity contribution in [1.82, 2.24) is 9.88 Å². The van der Waals surface area contributed by atoms with E-state index in [1.54, 1.807) is 28.5 Å². The van der Waals surface area contributed by atoms with Gasteiger partial charge in [0.25, 0.3) is 5.91 Å². The molecule has 2 aromatic rings. The minimum absolute atomic E-state index is 0.0353. The van der Waals surface area contributed by atoms with Crippen molar-refractivity contribution >= 4 is 34.2 Å². The van der Waals surface area contributed by atoms with Crippen molar-refractivity contribution in [3.05, 3.63) is 34.8 Å². The lowest BCUT2D eigenvalue weighted by molar-refractivity contribution is -0.123. The fourth-order valence-corrected chi connectivity index (χ4v) is 3.57. The first kappa shape index (κ1) is 17.3. The predicted molar refractivity (Wildman–Crippen MR) is 95.6 cm³/mol. The van der Waals surface area contributed by atoms with Crippen molar-refractivity contribution in [2.75, 3.05) is 25.2 Å². The Kier molecular flexibility index (Phi) is 4.40. The summed E-state index contributed by atoms with van der Waals surface area (Å²) >= 11 is 1.23. The number of anilines is 1. The fraction of sp³-hybridized carbons (Fsp3) is 0.294. The van der Waals surface area contributed by atoms with E-state index in [9.17, 15) is 14.4 Å². The fourth-order valence-electron chi connectivity index (χ4n) is 2.85. The monoisotopic (exact) mass is 388 g/mol. The summed E-state index contributed by atoms with van der Waals surface area (Å²) in [5.41, 5.74) is 6.14. The van der Waals surface area contributed by atoms with Gasteiger partial charge in [-0.2, -0.15) is 0 Å². The summed E-state index contributed by atoms with van der Waals surface area (Å²) in [5, 5.41) is 4.80. The van der Waals surface area contributed by atoms with E-state index < -0.39 is 5.91 Å². The summed E-state index contributed by atoms with van der Waals surface area (Å²) in [6.07, 6.45) is 0.0353. The smallest absolute Gasteiger partial charge is 0.254 e. The number of thiazole rings is 1. The molecule has 2 aliphatic heterocycles. The van der Waals surface area contributed by atoms with Crippen LogP contribution in [0.15, 0.2) is 23.6 Å². The van der Waals surface area contributed by atoms with Gasteiger partial charge in [-0.25, -0.2) is 4.98 Å². The van der Waals surface area contributed by atoms with Gasteiger partial charge in [-0.1, -0.05) is 0 Å². The van der Waals surface area contributed by atoms with E-state index in [0.29, 0.717) is 41.0 Å². The molecule has 1 saturated heterocycles. The number of nitrogens with one attached hydrogen (secondary N) is 1. The first-order chi connectivity index (χ1) is 13.0. The van der Waals surface area contributed by atoms with E-state index in [0.717, 1.165) is 0 Å². The van der Waals surface area contributed by atoms with Crippen molar-refractivity contribution in [2.24, 2.45) is 11.7 Å². The molecule has 0 atom stereocenters. The second kappa shape index (κ2) is 6.88. The van der Waals surface area contributed by atoms with Gasteiger partial charge in [0.2, 0.25) is 18.6 Å². The molecule has 3 amide bonds. The van der Waals surface area contributed by atoms with Crippen LogP contribution in [0, 0.1) is 5.92 Å². The van der Waals surface area contributed by atoms with E-state index >= 15 is 0 Å². The molecule has 0 saturated carbocycles. The standard InChI is InChI=1S/C17H16N4O5S/c18-14(22)4-11-7-27-17(19-11)20-15(23)10-5-21(6-10)16(24)9-1-2-12-13(3-9)26-8-25-12/h1-3,7,10H,4-6,8H2,(H2,18,22)(H,19,20,23). The zero-order valence-corrected chi connectivity index (χ0v) is 15.0. The summed E-state index contributed by atoms with van der Waals surface area (Å²) in [4.78, 5) is 41.4. The minimum atomic E-state index is -0.477. The van der Waals surface area contributed by atoms with E-state index in [4.69, 9.17) is 15.2 Å². The molecule has 3 heterocycles. The first-order valence-corrected chi connectivity index (χ1v) is 9.10. The third-order valence-electron chi connectivity index (χ3n) is 4.30. The highest BCUT2D eigenvalue weighted by atomic mass is 32.1. The number of ether oxygens (including phenoxy) is 2. The quantitative estimate of drug-likeness (QED) is 0.773. The molecular weight excluding hydrogens is 372 g/mol. The Balaban J connectivity index is 1.31. The number of hydrogen-bond donors (Lipinski definition) is 2. The van der Waals surface area contributed by atoms with Crippen molar-refractivity contribution in [3.63, 3.8) is 0 Å². The van der Waals surface area contributed by atoms with Crippen molar-refractivity contribution in [2.45, 2.75) is 6.42 Å². The first-order valence-electron chi connectivity index (χ1n) is 8.22. The number of primary amides is 1. The number of likely N-dealkylation sites (tertiary alicyclic amines) is 1. The molecule has 0 bridgehead atoms. The van der Waals surface area contributed by atoms with Gasteiger partial charge < -0.3 is 25.4 Å². The second-order valence-electron chi connectivity index (χ2n) is 6.25. The number of amides is 3. The normalized spacial score (nSPS) is 15.3. The lowest BCUT2D eigenvalue weighted by atomic mass is 9.98. The average molecular weight is 388 g/mol. The largest absolute Gasteiger partial charge is 0.454 e. The molecule has 4 rings (SSSR count). The van der Waals surface area contributed by atoms with E-state index in [1.165, 1.54) is 11.3 Å². The maximum atomic E-state index is 12.5. The molecule has 10 heteroatoms. The van der Waals surface area contributed by atoms with Crippen LogP contribution in [0.25, 0.3) is 0 Å². The SMILES string of the molecule is NC(=O)Cc1csc(NC(=O)C2CN(C(=O)c3ccc4c(c3)OCO4)C2)n1. The summed E-state index contributed by atoms with van der Waals surface area (Å²) in [6.45, 7) is 0.814. The Morgan fingerprint density at radius 2 is 2.04 bits per heavy atom. The summed E-state index contributed by atoms with van der Waals surface area (Å²) in [5.74, 6) is 0.0270. The molecule has 0 aliphatic carbocycles. The molecule has 1 fully saturated rings. The zero-order valence-electron chi connectivity index (χ0n) is 14.1. The minimum Gasteiger partial charge on any atom is -0.454 e. The zero-order chi connectivity index (χ0) is 19.0. The lowest BCUT2D eigenvalue weighted by Gasteiger charge is -2.38. The van der Waals surface area contributed by atoms with Gasteiger partial charge in [0, 0.05) is 24.0 Å². The molecule has 0 spiro atoms. The molecule has 27 heavy (non-hydrogen) atoms. The number of nitrogens with two attached hydrogens (primary N) is 1. The maximum Gasteiger partial charge on any atom is 0.254 e. The molecular formula is C17H16N4O5S. The Morgan fingerprint density at radius 1 is 1.26 bits per heavy atom. The van der Waals surface area contributed by atoms with Crippen LogP contribution in [-0.2, 0) is 16.0 Å². The second-order valence-corrected chi connectivity index (χ2v) is 7.11. The third-order valence-corrected chi connectivity index (χ3v) is 5.10. The number of rotatable bonds is 5. The molecule has 2 aliphatic rings. The molecule has 3 N–H and O–H groups in total. The van der Waals surface area contributed by atoms with E-state index in [1.807, 2.05) is 0 Å². The number of nitrogens with zero attached hydrogens (tertiary/aromatic N) is 2. The van der Waals surface area contributed by atoms with Crippen molar-refractivity contribution in [1.29, 1.82) is 0 Å². The van der Waals surface area contributed by atoms with Gasteiger partial charge in [0.15, 0.2) is 16.6 Å². The highest BCUT2D eigenvalue weighted by molar-refractivity contribution is 7.13. The van der Waals surface area contributed by atoms with Gasteiger partial charge in [-0.05, 0) is 18.2 Å². The van der Waals surface area contributed by atoms with Crippen molar-refractivity contribution in [3.8, 4) is 11.5 Å². The van der Waals surface area contributed by atoms with Crippen LogP contribution in [0.5, 0.6) is 11.5 Å². The number of benzene rings is 1. The van der Waals surface area contributed by atoms with Gasteiger partial charge in [0.1, 0.15) is 0 Å². The molecule has 1 aromatic carbocycles. The number of aromatic nitrogens is 1. The average Bonchev–Trinajstić information content (AvgIpc) is 3.21. The van der Waals surface area contributed by atoms with Crippen molar-refractivity contribution < 1.29 is 23.9 Å². The Labute approximate surface area is 158 Å². The maximum absolute atomic E-state index is 12.5. The molecule has 1 aromatic heterocycles. The highest BCUT2D eigenvalue weighted by Gasteiger charge is 2.36. The van der Waals surface area contributed by atoms with Gasteiger partial charge in [0.05, 0.1) is 18.0 Å². The number of carbonyl (C=O) groups is 3. The van der Waals surface area contributed by atoms with Crippen LogP contribution >= 0.6 is 11.3 Å².